The van der Waals surface area contributed by atoms with Gasteiger partial charge in [0, 0.05) is 31.4 Å². The number of hydrogen-bond donors (Lipinski definition) is 1. The second-order valence-corrected chi connectivity index (χ2v) is 6.10. The summed E-state index contributed by atoms with van der Waals surface area (Å²) in [5, 5.41) is 3.09. The molecule has 0 saturated heterocycles. The van der Waals surface area contributed by atoms with Gasteiger partial charge in [-0.05, 0) is 37.5 Å². The van der Waals surface area contributed by atoms with Crippen LogP contribution in [0.1, 0.15) is 29.8 Å². The van der Waals surface area contributed by atoms with Gasteiger partial charge in [-0.25, -0.2) is 4.98 Å². The number of amides is 1. The van der Waals surface area contributed by atoms with Gasteiger partial charge in [0.25, 0.3) is 0 Å². The minimum atomic E-state index is 0.0453. The van der Waals surface area contributed by atoms with Crippen molar-refractivity contribution in [2.24, 2.45) is 0 Å². The number of rotatable bonds is 5. The summed E-state index contributed by atoms with van der Waals surface area (Å²) in [7, 11) is 0. The number of carbonyl (C=O) groups is 1. The van der Waals surface area contributed by atoms with E-state index in [-0.39, 0.29) is 11.9 Å². The Balaban J connectivity index is 1.44. The van der Waals surface area contributed by atoms with Crippen LogP contribution in [-0.4, -0.2) is 28.1 Å². The standard InChI is InChI=1S/C18H23N3O2/c1-13-4-3-5-16(14(13)2)23-11-8-18(22)20-15-6-7-17-19-9-10-21(17)12-15/h3-5,9-10,15H,6-8,11-12H2,1-2H3,(H,20,22). The van der Waals surface area contributed by atoms with Crippen molar-refractivity contribution < 1.29 is 9.53 Å². The molecule has 3 rings (SSSR count). The van der Waals surface area contributed by atoms with E-state index < -0.39 is 0 Å². The Bertz CT molecular complexity index is 693. The zero-order valence-corrected chi connectivity index (χ0v) is 13.7. The maximum absolute atomic E-state index is 12.1. The van der Waals surface area contributed by atoms with Crippen LogP contribution in [0.4, 0.5) is 0 Å². The molecule has 0 saturated carbocycles. The number of carbonyl (C=O) groups excluding carboxylic acids is 1. The van der Waals surface area contributed by atoms with Crippen molar-refractivity contribution in [2.45, 2.75) is 45.7 Å². The molecule has 0 bridgehead atoms. The molecule has 2 heterocycles. The number of imidazole rings is 1. The molecule has 0 spiro atoms. The normalized spacial score (nSPS) is 16.7. The Morgan fingerprint density at radius 2 is 2.30 bits per heavy atom. The quantitative estimate of drug-likeness (QED) is 0.922. The molecule has 1 amide bonds. The van der Waals surface area contributed by atoms with Gasteiger partial charge in [-0.1, -0.05) is 12.1 Å². The van der Waals surface area contributed by atoms with Gasteiger partial charge < -0.3 is 14.6 Å². The van der Waals surface area contributed by atoms with E-state index in [1.165, 1.54) is 5.56 Å². The monoisotopic (exact) mass is 313 g/mol. The van der Waals surface area contributed by atoms with Gasteiger partial charge >= 0.3 is 0 Å². The van der Waals surface area contributed by atoms with Crippen molar-refractivity contribution >= 4 is 5.91 Å². The van der Waals surface area contributed by atoms with Crippen molar-refractivity contribution in [3.8, 4) is 5.75 Å². The lowest BCUT2D eigenvalue weighted by Gasteiger charge is -2.24. The van der Waals surface area contributed by atoms with Crippen LogP contribution >= 0.6 is 0 Å². The molecule has 0 aliphatic carbocycles. The first-order valence-electron chi connectivity index (χ1n) is 8.12. The number of ether oxygens (including phenoxy) is 1. The molecule has 0 fully saturated rings. The van der Waals surface area contributed by atoms with Crippen LogP contribution in [0.5, 0.6) is 5.75 Å². The second kappa shape index (κ2) is 6.86. The van der Waals surface area contributed by atoms with Crippen LogP contribution in [0.3, 0.4) is 0 Å². The van der Waals surface area contributed by atoms with Crippen LogP contribution in [-0.2, 0) is 17.8 Å². The van der Waals surface area contributed by atoms with Crippen molar-refractivity contribution in [3.63, 3.8) is 0 Å². The highest BCUT2D eigenvalue weighted by Gasteiger charge is 2.20. The molecule has 1 aliphatic heterocycles. The average molecular weight is 313 g/mol. The van der Waals surface area contributed by atoms with E-state index in [4.69, 9.17) is 4.74 Å². The molecular formula is C18H23N3O2. The molecule has 1 atom stereocenters. The zero-order chi connectivity index (χ0) is 16.2. The summed E-state index contributed by atoms with van der Waals surface area (Å²) >= 11 is 0. The van der Waals surface area contributed by atoms with Crippen molar-refractivity contribution in [1.29, 1.82) is 0 Å². The van der Waals surface area contributed by atoms with Crippen LogP contribution in [0.15, 0.2) is 30.6 Å². The topological polar surface area (TPSA) is 56.1 Å². The number of nitrogens with zero attached hydrogens (tertiary/aromatic N) is 2. The number of aryl methyl sites for hydroxylation is 2. The first-order chi connectivity index (χ1) is 11.1. The molecule has 5 nitrogen and oxygen atoms in total. The maximum atomic E-state index is 12.1. The maximum Gasteiger partial charge on any atom is 0.223 e. The molecular weight excluding hydrogens is 290 g/mol. The lowest BCUT2D eigenvalue weighted by Crippen LogP contribution is -2.41. The summed E-state index contributed by atoms with van der Waals surface area (Å²) in [5.41, 5.74) is 2.33. The third-order valence-corrected chi connectivity index (χ3v) is 4.44. The Morgan fingerprint density at radius 1 is 1.43 bits per heavy atom. The summed E-state index contributed by atoms with van der Waals surface area (Å²) in [6.45, 7) is 5.30. The molecule has 1 unspecified atom stereocenters. The number of benzene rings is 1. The van der Waals surface area contributed by atoms with Gasteiger partial charge in [0.05, 0.1) is 13.0 Å². The number of hydrogen-bond acceptors (Lipinski definition) is 3. The summed E-state index contributed by atoms with van der Waals surface area (Å²) in [5.74, 6) is 2.01. The minimum absolute atomic E-state index is 0.0453. The molecule has 1 aromatic carbocycles. The van der Waals surface area contributed by atoms with Crippen molar-refractivity contribution in [3.05, 3.63) is 47.5 Å². The summed E-state index contributed by atoms with van der Waals surface area (Å²) in [4.78, 5) is 16.4. The molecule has 0 radical (unpaired) electrons. The fraction of sp³-hybridized carbons (Fsp3) is 0.444. The van der Waals surface area contributed by atoms with Crippen LogP contribution in [0.2, 0.25) is 0 Å². The Hall–Kier alpha value is -2.30. The van der Waals surface area contributed by atoms with E-state index >= 15 is 0 Å². The van der Waals surface area contributed by atoms with Crippen molar-refractivity contribution in [1.82, 2.24) is 14.9 Å². The van der Waals surface area contributed by atoms with Crippen LogP contribution in [0, 0.1) is 13.8 Å². The number of fused-ring (bicyclic) bond motifs is 1. The van der Waals surface area contributed by atoms with E-state index in [0.717, 1.165) is 36.5 Å². The van der Waals surface area contributed by atoms with Gasteiger partial charge in [0.2, 0.25) is 5.91 Å². The fourth-order valence-corrected chi connectivity index (χ4v) is 2.92. The third-order valence-electron chi connectivity index (χ3n) is 4.44. The average Bonchev–Trinajstić information content (AvgIpc) is 2.99. The highest BCUT2D eigenvalue weighted by atomic mass is 16.5. The summed E-state index contributed by atoms with van der Waals surface area (Å²) in [6.07, 6.45) is 6.02. The summed E-state index contributed by atoms with van der Waals surface area (Å²) < 4.78 is 7.86. The van der Waals surface area contributed by atoms with Gasteiger partial charge in [-0.2, -0.15) is 0 Å². The smallest absolute Gasteiger partial charge is 0.223 e. The van der Waals surface area contributed by atoms with E-state index in [1.54, 1.807) is 0 Å². The van der Waals surface area contributed by atoms with E-state index in [2.05, 4.69) is 27.9 Å². The Morgan fingerprint density at radius 3 is 3.17 bits per heavy atom. The van der Waals surface area contributed by atoms with Gasteiger partial charge in [-0.3, -0.25) is 4.79 Å². The van der Waals surface area contributed by atoms with E-state index in [0.29, 0.717) is 13.0 Å². The molecule has 2 aromatic rings. The molecule has 1 N–H and O–H groups in total. The first-order valence-corrected chi connectivity index (χ1v) is 8.12. The molecule has 23 heavy (non-hydrogen) atoms. The molecule has 122 valence electrons. The summed E-state index contributed by atoms with van der Waals surface area (Å²) in [6, 6.07) is 6.16. The van der Waals surface area contributed by atoms with Gasteiger partial charge in [0.1, 0.15) is 11.6 Å². The fourth-order valence-electron chi connectivity index (χ4n) is 2.92. The van der Waals surface area contributed by atoms with Gasteiger partial charge in [0.15, 0.2) is 0 Å². The number of aromatic nitrogens is 2. The Kier molecular flexibility index (Phi) is 4.65. The second-order valence-electron chi connectivity index (χ2n) is 6.10. The minimum Gasteiger partial charge on any atom is -0.493 e. The predicted octanol–water partition coefficient (Wildman–Crippen LogP) is 2.40. The first kappa shape index (κ1) is 15.6. The van der Waals surface area contributed by atoms with Crippen LogP contribution in [0.25, 0.3) is 0 Å². The predicted molar refractivity (Wildman–Crippen MR) is 88.5 cm³/mol. The molecule has 1 aliphatic rings. The number of nitrogens with one attached hydrogen (secondary N) is 1. The Labute approximate surface area is 136 Å². The zero-order valence-electron chi connectivity index (χ0n) is 13.7. The highest BCUT2D eigenvalue weighted by Crippen LogP contribution is 2.20. The van der Waals surface area contributed by atoms with E-state index in [9.17, 15) is 4.79 Å². The van der Waals surface area contributed by atoms with E-state index in [1.807, 2.05) is 31.5 Å². The largest absolute Gasteiger partial charge is 0.493 e. The van der Waals surface area contributed by atoms with Crippen LogP contribution < -0.4 is 10.1 Å². The van der Waals surface area contributed by atoms with Gasteiger partial charge in [-0.15, -0.1) is 0 Å². The third kappa shape index (κ3) is 3.73. The highest BCUT2D eigenvalue weighted by molar-refractivity contribution is 5.76. The van der Waals surface area contributed by atoms with Crippen molar-refractivity contribution in [2.75, 3.05) is 6.61 Å². The lowest BCUT2D eigenvalue weighted by molar-refractivity contribution is -0.122. The lowest BCUT2D eigenvalue weighted by atomic mass is 10.1. The molecule has 1 aromatic heterocycles. The SMILES string of the molecule is Cc1cccc(OCCC(=O)NC2CCc3nccn3C2)c1C. The molecule has 5 heteroatoms.